The van der Waals surface area contributed by atoms with E-state index in [4.69, 9.17) is 0 Å². The molecule has 0 fully saturated rings. The van der Waals surface area contributed by atoms with Gasteiger partial charge in [0.25, 0.3) is 0 Å². The van der Waals surface area contributed by atoms with Crippen molar-refractivity contribution in [2.45, 2.75) is 31.9 Å². The first-order valence-corrected chi connectivity index (χ1v) is 6.02. The van der Waals surface area contributed by atoms with Gasteiger partial charge in [-0.1, -0.05) is 36.4 Å². The van der Waals surface area contributed by atoms with Crippen LogP contribution in [0.1, 0.15) is 26.7 Å². The van der Waals surface area contributed by atoms with Gasteiger partial charge in [-0.25, -0.2) is 0 Å². The molecule has 0 radical (unpaired) electrons. The Bertz CT molecular complexity index is 54.9. The van der Waals surface area contributed by atoms with Crippen molar-refractivity contribution in [1.29, 1.82) is 0 Å². The second-order valence-corrected chi connectivity index (χ2v) is 5.08. The van der Waals surface area contributed by atoms with Crippen molar-refractivity contribution in [2.24, 2.45) is 0 Å². The zero-order valence-electron chi connectivity index (χ0n) is 6.19. The van der Waals surface area contributed by atoms with Gasteiger partial charge in [0, 0.05) is 0 Å². The largest absolute Gasteiger partial charge is 0.159 e. The summed E-state index contributed by atoms with van der Waals surface area (Å²) in [5, 5.41) is 0.819. The predicted octanol–water partition coefficient (Wildman–Crippen LogP) is 3.34. The summed E-state index contributed by atoms with van der Waals surface area (Å²) in [6.45, 7) is 4.52. The van der Waals surface area contributed by atoms with Crippen molar-refractivity contribution in [2.75, 3.05) is 10.2 Å². The summed E-state index contributed by atoms with van der Waals surface area (Å²) < 4.78 is 1.32. The van der Waals surface area contributed by atoms with Crippen LogP contribution in [-0.4, -0.2) is 15.4 Å². The molecular formula is C7H15IS. The first-order chi connectivity index (χ1) is 4.27. The van der Waals surface area contributed by atoms with Gasteiger partial charge in [0.1, 0.15) is 0 Å². The molecule has 0 amide bonds. The van der Waals surface area contributed by atoms with Crippen LogP contribution in [0.15, 0.2) is 0 Å². The number of hydrogen-bond donors (Lipinski definition) is 0. The van der Waals surface area contributed by atoms with Gasteiger partial charge < -0.3 is 0 Å². The predicted molar refractivity (Wildman–Crippen MR) is 55.7 cm³/mol. The SMILES string of the molecule is CC(C)SCCCCI. The van der Waals surface area contributed by atoms with E-state index in [1.54, 1.807) is 0 Å². The molecule has 0 rings (SSSR count). The molecule has 0 saturated carbocycles. The Balaban J connectivity index is 2.75. The molecule has 0 aromatic heterocycles. The first kappa shape index (κ1) is 10.1. The molecule has 0 aliphatic carbocycles. The van der Waals surface area contributed by atoms with Gasteiger partial charge in [0.2, 0.25) is 0 Å². The summed E-state index contributed by atoms with van der Waals surface area (Å²) in [7, 11) is 0. The normalized spacial score (nSPS) is 10.7. The number of rotatable bonds is 5. The van der Waals surface area contributed by atoms with Gasteiger partial charge in [0.15, 0.2) is 0 Å². The lowest BCUT2D eigenvalue weighted by Gasteiger charge is -2.01. The molecule has 0 nitrogen and oxygen atoms in total. The van der Waals surface area contributed by atoms with E-state index < -0.39 is 0 Å². The minimum atomic E-state index is 0.819. The van der Waals surface area contributed by atoms with E-state index in [1.165, 1.54) is 23.0 Å². The first-order valence-electron chi connectivity index (χ1n) is 3.45. The van der Waals surface area contributed by atoms with Crippen molar-refractivity contribution < 1.29 is 0 Å². The summed E-state index contributed by atoms with van der Waals surface area (Å²) in [6, 6.07) is 0. The zero-order chi connectivity index (χ0) is 7.11. The van der Waals surface area contributed by atoms with Gasteiger partial charge in [-0.05, 0) is 28.3 Å². The van der Waals surface area contributed by atoms with Crippen LogP contribution in [0.4, 0.5) is 0 Å². The lowest BCUT2D eigenvalue weighted by atomic mass is 10.4. The summed E-state index contributed by atoms with van der Waals surface area (Å²) in [6.07, 6.45) is 2.78. The summed E-state index contributed by atoms with van der Waals surface area (Å²) in [5.74, 6) is 1.35. The highest BCUT2D eigenvalue weighted by atomic mass is 127. The number of halogens is 1. The Hall–Kier alpha value is 1.08. The summed E-state index contributed by atoms with van der Waals surface area (Å²) in [4.78, 5) is 0. The molecule has 0 N–H and O–H groups in total. The van der Waals surface area contributed by atoms with Crippen molar-refractivity contribution in [3.8, 4) is 0 Å². The smallest absolute Gasteiger partial charge is 0.000443 e. The highest BCUT2D eigenvalue weighted by Gasteiger charge is 1.92. The molecule has 9 heavy (non-hydrogen) atoms. The minimum Gasteiger partial charge on any atom is -0.159 e. The Morgan fingerprint density at radius 2 is 2.00 bits per heavy atom. The van der Waals surface area contributed by atoms with E-state index in [1.807, 2.05) is 0 Å². The number of alkyl halides is 1. The average Bonchev–Trinajstić information content (AvgIpc) is 1.80. The molecule has 0 bridgehead atoms. The second kappa shape index (κ2) is 7.19. The number of hydrogen-bond acceptors (Lipinski definition) is 1. The third-order valence-electron chi connectivity index (χ3n) is 0.979. The Kier molecular flexibility index (Phi) is 8.05. The van der Waals surface area contributed by atoms with E-state index in [0.29, 0.717) is 0 Å². The molecule has 0 spiro atoms. The third-order valence-corrected chi connectivity index (χ3v) is 2.93. The van der Waals surface area contributed by atoms with Crippen LogP contribution in [0.5, 0.6) is 0 Å². The monoisotopic (exact) mass is 258 g/mol. The Morgan fingerprint density at radius 1 is 1.33 bits per heavy atom. The zero-order valence-corrected chi connectivity index (χ0v) is 9.17. The molecule has 0 aliphatic heterocycles. The summed E-state index contributed by atoms with van der Waals surface area (Å²) in [5.41, 5.74) is 0. The maximum atomic E-state index is 2.44. The van der Waals surface area contributed by atoms with Gasteiger partial charge in [-0.3, -0.25) is 0 Å². The van der Waals surface area contributed by atoms with Gasteiger partial charge in [0.05, 0.1) is 0 Å². The lowest BCUT2D eigenvalue weighted by Crippen LogP contribution is -1.89. The molecule has 0 saturated heterocycles. The maximum Gasteiger partial charge on any atom is -0.000443 e. The lowest BCUT2D eigenvalue weighted by molar-refractivity contribution is 0.914. The van der Waals surface area contributed by atoms with E-state index in [0.717, 1.165) is 5.25 Å². The highest BCUT2D eigenvalue weighted by Crippen LogP contribution is 2.11. The second-order valence-electron chi connectivity index (χ2n) is 2.32. The van der Waals surface area contributed by atoms with Crippen LogP contribution in [0, 0.1) is 0 Å². The van der Waals surface area contributed by atoms with Gasteiger partial charge in [-0.15, -0.1) is 0 Å². The van der Waals surface area contributed by atoms with Crippen LogP contribution in [0.25, 0.3) is 0 Å². The number of unbranched alkanes of at least 4 members (excludes halogenated alkanes) is 1. The quantitative estimate of drug-likeness (QED) is 0.414. The topological polar surface area (TPSA) is 0 Å². The molecule has 0 aliphatic rings. The molecule has 0 aromatic carbocycles. The molecule has 0 unspecified atom stereocenters. The maximum absolute atomic E-state index is 2.44. The van der Waals surface area contributed by atoms with Crippen LogP contribution in [-0.2, 0) is 0 Å². The third kappa shape index (κ3) is 9.08. The average molecular weight is 258 g/mol. The van der Waals surface area contributed by atoms with E-state index in [-0.39, 0.29) is 0 Å². The van der Waals surface area contributed by atoms with Crippen molar-refractivity contribution >= 4 is 34.4 Å². The van der Waals surface area contributed by atoms with Crippen LogP contribution < -0.4 is 0 Å². The summed E-state index contributed by atoms with van der Waals surface area (Å²) >= 11 is 4.50. The molecule has 56 valence electrons. The molecular weight excluding hydrogens is 243 g/mol. The van der Waals surface area contributed by atoms with Crippen LogP contribution in [0.3, 0.4) is 0 Å². The fourth-order valence-electron chi connectivity index (χ4n) is 0.516. The standard InChI is InChI=1S/C7H15IS/c1-7(2)9-6-4-3-5-8/h7H,3-6H2,1-2H3. The fourth-order valence-corrected chi connectivity index (χ4v) is 1.90. The number of thioether (sulfide) groups is 1. The van der Waals surface area contributed by atoms with Crippen molar-refractivity contribution in [3.05, 3.63) is 0 Å². The molecule has 2 heteroatoms. The van der Waals surface area contributed by atoms with Gasteiger partial charge >= 0.3 is 0 Å². The highest BCUT2D eigenvalue weighted by molar-refractivity contribution is 14.1. The van der Waals surface area contributed by atoms with E-state index in [2.05, 4.69) is 48.2 Å². The van der Waals surface area contributed by atoms with Crippen molar-refractivity contribution in [3.63, 3.8) is 0 Å². The van der Waals surface area contributed by atoms with Crippen molar-refractivity contribution in [1.82, 2.24) is 0 Å². The molecule has 0 aromatic rings. The minimum absolute atomic E-state index is 0.819. The van der Waals surface area contributed by atoms with Gasteiger partial charge in [-0.2, -0.15) is 11.8 Å². The van der Waals surface area contributed by atoms with E-state index >= 15 is 0 Å². The Morgan fingerprint density at radius 3 is 2.44 bits per heavy atom. The fraction of sp³-hybridized carbons (Fsp3) is 1.00. The van der Waals surface area contributed by atoms with Crippen LogP contribution in [0.2, 0.25) is 0 Å². The van der Waals surface area contributed by atoms with Crippen LogP contribution >= 0.6 is 34.4 Å². The Labute approximate surface area is 76.3 Å². The molecule has 0 heterocycles. The van der Waals surface area contributed by atoms with E-state index in [9.17, 15) is 0 Å². The molecule has 0 atom stereocenters.